The fourth-order valence-corrected chi connectivity index (χ4v) is 2.51. The average Bonchev–Trinajstić information content (AvgIpc) is 2.43. The van der Waals surface area contributed by atoms with Gasteiger partial charge in [0.15, 0.2) is 0 Å². The maximum absolute atomic E-state index is 12.0. The number of hydrogen-bond acceptors (Lipinski definition) is 2. The van der Waals surface area contributed by atoms with Crippen molar-refractivity contribution in [2.75, 3.05) is 10.6 Å². The molecule has 0 fully saturated rings. The maximum atomic E-state index is 12.0. The summed E-state index contributed by atoms with van der Waals surface area (Å²) in [5.74, 6) is -0.674. The SMILES string of the molecule is Cc1cccc(C)c1NC(=O)CC(=O)Nc1cccc(Br)c1. The number of rotatable bonds is 4. The van der Waals surface area contributed by atoms with E-state index >= 15 is 0 Å². The lowest BCUT2D eigenvalue weighted by molar-refractivity contribution is -0.123. The molecule has 0 unspecified atom stereocenters. The van der Waals surface area contributed by atoms with Gasteiger partial charge in [-0.3, -0.25) is 9.59 Å². The van der Waals surface area contributed by atoms with Crippen LogP contribution in [0.2, 0.25) is 0 Å². The smallest absolute Gasteiger partial charge is 0.233 e. The summed E-state index contributed by atoms with van der Waals surface area (Å²) in [6, 6.07) is 13.0. The predicted octanol–water partition coefficient (Wildman–Crippen LogP) is 4.03. The first-order chi connectivity index (χ1) is 10.5. The van der Waals surface area contributed by atoms with Gasteiger partial charge in [-0.1, -0.05) is 40.2 Å². The van der Waals surface area contributed by atoms with Gasteiger partial charge in [-0.05, 0) is 43.2 Å². The molecule has 0 heterocycles. The van der Waals surface area contributed by atoms with Crippen molar-refractivity contribution in [3.63, 3.8) is 0 Å². The van der Waals surface area contributed by atoms with E-state index in [1.54, 1.807) is 12.1 Å². The molecule has 2 amide bonds. The summed E-state index contributed by atoms with van der Waals surface area (Å²) in [5, 5.41) is 5.50. The van der Waals surface area contributed by atoms with Crippen molar-refractivity contribution in [3.8, 4) is 0 Å². The summed E-state index contributed by atoms with van der Waals surface area (Å²) in [4.78, 5) is 23.9. The molecule has 4 nitrogen and oxygen atoms in total. The molecular formula is C17H17BrN2O2. The molecule has 2 aromatic rings. The van der Waals surface area contributed by atoms with Gasteiger partial charge >= 0.3 is 0 Å². The second-order valence-corrected chi connectivity index (χ2v) is 5.97. The number of nitrogens with one attached hydrogen (secondary N) is 2. The monoisotopic (exact) mass is 360 g/mol. The van der Waals surface area contributed by atoms with Gasteiger partial charge in [0.25, 0.3) is 0 Å². The first kappa shape index (κ1) is 16.2. The van der Waals surface area contributed by atoms with Gasteiger partial charge in [-0.25, -0.2) is 0 Å². The van der Waals surface area contributed by atoms with Crippen LogP contribution in [-0.4, -0.2) is 11.8 Å². The highest BCUT2D eigenvalue weighted by molar-refractivity contribution is 9.10. The Hall–Kier alpha value is -2.14. The van der Waals surface area contributed by atoms with Crippen LogP contribution in [0.15, 0.2) is 46.9 Å². The van der Waals surface area contributed by atoms with Gasteiger partial charge in [0.2, 0.25) is 11.8 Å². The molecule has 2 rings (SSSR count). The van der Waals surface area contributed by atoms with Gasteiger partial charge in [-0.2, -0.15) is 0 Å². The molecule has 2 aromatic carbocycles. The molecule has 0 atom stereocenters. The quantitative estimate of drug-likeness (QED) is 0.808. The Morgan fingerprint density at radius 3 is 2.18 bits per heavy atom. The summed E-state index contributed by atoms with van der Waals surface area (Å²) in [6.07, 6.45) is -0.222. The zero-order valence-electron chi connectivity index (χ0n) is 12.4. The third-order valence-electron chi connectivity index (χ3n) is 3.18. The second-order valence-electron chi connectivity index (χ2n) is 5.05. The zero-order chi connectivity index (χ0) is 16.1. The Labute approximate surface area is 138 Å². The van der Waals surface area contributed by atoms with E-state index in [9.17, 15) is 9.59 Å². The topological polar surface area (TPSA) is 58.2 Å². The van der Waals surface area contributed by atoms with Crippen molar-refractivity contribution in [3.05, 3.63) is 58.1 Å². The summed E-state index contributed by atoms with van der Waals surface area (Å²) < 4.78 is 0.866. The molecule has 0 saturated carbocycles. The Balaban J connectivity index is 1.96. The van der Waals surface area contributed by atoms with Crippen molar-refractivity contribution >= 4 is 39.1 Å². The molecule has 0 aliphatic carbocycles. The summed E-state index contributed by atoms with van der Waals surface area (Å²) >= 11 is 3.33. The first-order valence-corrected chi connectivity index (χ1v) is 7.66. The number of amides is 2. The van der Waals surface area contributed by atoms with Crippen molar-refractivity contribution < 1.29 is 9.59 Å². The third kappa shape index (κ3) is 4.43. The number of halogens is 1. The second kappa shape index (κ2) is 7.22. The van der Waals surface area contributed by atoms with Gasteiger partial charge < -0.3 is 10.6 Å². The highest BCUT2D eigenvalue weighted by atomic mass is 79.9. The normalized spacial score (nSPS) is 10.1. The predicted molar refractivity (Wildman–Crippen MR) is 91.9 cm³/mol. The molecule has 0 aliphatic heterocycles. The van der Waals surface area contributed by atoms with Crippen LogP contribution in [0.4, 0.5) is 11.4 Å². The van der Waals surface area contributed by atoms with Crippen LogP contribution in [0, 0.1) is 13.8 Å². The minimum absolute atomic E-state index is 0.222. The number of carbonyl (C=O) groups is 2. The molecule has 22 heavy (non-hydrogen) atoms. The lowest BCUT2D eigenvalue weighted by Crippen LogP contribution is -2.22. The van der Waals surface area contributed by atoms with E-state index in [0.717, 1.165) is 21.3 Å². The maximum Gasteiger partial charge on any atom is 0.233 e. The first-order valence-electron chi connectivity index (χ1n) is 6.87. The fourth-order valence-electron chi connectivity index (χ4n) is 2.11. The van der Waals surface area contributed by atoms with Crippen LogP contribution in [0.5, 0.6) is 0 Å². The van der Waals surface area contributed by atoms with E-state index in [1.807, 2.05) is 44.2 Å². The van der Waals surface area contributed by atoms with Crippen molar-refractivity contribution in [2.45, 2.75) is 20.3 Å². The Morgan fingerprint density at radius 1 is 0.955 bits per heavy atom. The van der Waals surface area contributed by atoms with E-state index in [1.165, 1.54) is 0 Å². The van der Waals surface area contributed by atoms with Crippen LogP contribution >= 0.6 is 15.9 Å². The molecule has 0 radical (unpaired) electrons. The van der Waals surface area contributed by atoms with E-state index in [0.29, 0.717) is 5.69 Å². The molecule has 0 spiro atoms. The minimum Gasteiger partial charge on any atom is -0.326 e. The number of hydrogen-bond donors (Lipinski definition) is 2. The Kier molecular flexibility index (Phi) is 5.33. The fraction of sp³-hybridized carbons (Fsp3) is 0.176. The lowest BCUT2D eigenvalue weighted by atomic mass is 10.1. The highest BCUT2D eigenvalue weighted by Crippen LogP contribution is 2.20. The van der Waals surface area contributed by atoms with E-state index in [-0.39, 0.29) is 18.2 Å². The van der Waals surface area contributed by atoms with Crippen LogP contribution in [-0.2, 0) is 9.59 Å². The Bertz CT molecular complexity index is 693. The molecule has 114 valence electrons. The van der Waals surface area contributed by atoms with Crippen molar-refractivity contribution in [1.29, 1.82) is 0 Å². The average molecular weight is 361 g/mol. The van der Waals surface area contributed by atoms with Crippen LogP contribution in [0.3, 0.4) is 0 Å². The van der Waals surface area contributed by atoms with Crippen molar-refractivity contribution in [1.82, 2.24) is 0 Å². The van der Waals surface area contributed by atoms with Gasteiger partial charge in [0, 0.05) is 15.8 Å². The lowest BCUT2D eigenvalue weighted by Gasteiger charge is -2.11. The largest absolute Gasteiger partial charge is 0.326 e. The number of para-hydroxylation sites is 1. The summed E-state index contributed by atoms with van der Waals surface area (Å²) in [7, 11) is 0. The summed E-state index contributed by atoms with van der Waals surface area (Å²) in [6.45, 7) is 3.84. The van der Waals surface area contributed by atoms with E-state index < -0.39 is 0 Å². The van der Waals surface area contributed by atoms with Gasteiger partial charge in [-0.15, -0.1) is 0 Å². The molecule has 0 aromatic heterocycles. The molecule has 0 saturated heterocycles. The van der Waals surface area contributed by atoms with Crippen LogP contribution in [0.25, 0.3) is 0 Å². The minimum atomic E-state index is -0.346. The van der Waals surface area contributed by atoms with Crippen LogP contribution < -0.4 is 10.6 Å². The summed E-state index contributed by atoms with van der Waals surface area (Å²) in [5.41, 5.74) is 3.36. The van der Waals surface area contributed by atoms with Crippen LogP contribution in [0.1, 0.15) is 17.5 Å². The zero-order valence-corrected chi connectivity index (χ0v) is 14.0. The van der Waals surface area contributed by atoms with Crippen molar-refractivity contribution in [2.24, 2.45) is 0 Å². The van der Waals surface area contributed by atoms with Gasteiger partial charge in [0.1, 0.15) is 6.42 Å². The van der Waals surface area contributed by atoms with Gasteiger partial charge in [0.05, 0.1) is 0 Å². The Morgan fingerprint density at radius 2 is 1.55 bits per heavy atom. The highest BCUT2D eigenvalue weighted by Gasteiger charge is 2.12. The molecular weight excluding hydrogens is 344 g/mol. The van der Waals surface area contributed by atoms with E-state index in [4.69, 9.17) is 0 Å². The number of anilines is 2. The molecule has 5 heteroatoms. The standard InChI is InChI=1S/C17H17BrN2O2/c1-11-5-3-6-12(2)17(11)20-16(22)10-15(21)19-14-8-4-7-13(18)9-14/h3-9H,10H2,1-2H3,(H,19,21)(H,20,22). The molecule has 0 bridgehead atoms. The third-order valence-corrected chi connectivity index (χ3v) is 3.67. The number of benzene rings is 2. The number of aryl methyl sites for hydroxylation is 2. The molecule has 0 aliphatic rings. The number of carbonyl (C=O) groups excluding carboxylic acids is 2. The van der Waals surface area contributed by atoms with E-state index in [2.05, 4.69) is 26.6 Å². The molecule has 2 N–H and O–H groups in total.